The smallest absolute Gasteiger partial charge is 0.0898 e. The number of hydrogen-bond donors (Lipinski definition) is 0. The first kappa shape index (κ1) is 11.3. The van der Waals surface area contributed by atoms with E-state index in [1.165, 1.54) is 11.4 Å². The van der Waals surface area contributed by atoms with Crippen molar-refractivity contribution in [3.63, 3.8) is 0 Å². The maximum absolute atomic E-state index is 4.59. The lowest BCUT2D eigenvalue weighted by Gasteiger charge is -2.02. The fraction of sp³-hybridized carbons (Fsp3) is 0.500. The first-order valence-electron chi connectivity index (χ1n) is 5.69. The van der Waals surface area contributed by atoms with E-state index in [1.54, 1.807) is 11.3 Å². The lowest BCUT2D eigenvalue weighted by Crippen LogP contribution is -2.06. The van der Waals surface area contributed by atoms with Crippen LogP contribution in [0.25, 0.3) is 0 Å². The average Bonchev–Trinajstić information content (AvgIpc) is 2.85. The zero-order valence-electron chi connectivity index (χ0n) is 10.0. The SMILES string of the molecule is CCc1cc(CC)n(Cc2csc(C)n2)n1. The van der Waals surface area contributed by atoms with Crippen molar-refractivity contribution in [2.75, 3.05) is 0 Å². The summed E-state index contributed by atoms with van der Waals surface area (Å²) in [5, 5.41) is 7.82. The lowest BCUT2D eigenvalue weighted by atomic mass is 10.2. The summed E-state index contributed by atoms with van der Waals surface area (Å²) < 4.78 is 2.08. The molecular weight excluding hydrogens is 218 g/mol. The molecule has 0 saturated heterocycles. The van der Waals surface area contributed by atoms with E-state index >= 15 is 0 Å². The first-order chi connectivity index (χ1) is 7.72. The van der Waals surface area contributed by atoms with Gasteiger partial charge in [0.15, 0.2) is 0 Å². The molecule has 0 fully saturated rings. The van der Waals surface area contributed by atoms with Gasteiger partial charge in [0.2, 0.25) is 0 Å². The van der Waals surface area contributed by atoms with Gasteiger partial charge in [-0.25, -0.2) is 4.98 Å². The van der Waals surface area contributed by atoms with Gasteiger partial charge in [-0.1, -0.05) is 13.8 Å². The van der Waals surface area contributed by atoms with E-state index in [4.69, 9.17) is 0 Å². The standard InChI is InChI=1S/C12H17N3S/c1-4-10-6-12(5-2)15(14-10)7-11-8-16-9(3)13-11/h6,8H,4-5,7H2,1-3H3. The zero-order chi connectivity index (χ0) is 11.5. The van der Waals surface area contributed by atoms with Gasteiger partial charge in [0.1, 0.15) is 0 Å². The van der Waals surface area contributed by atoms with Gasteiger partial charge in [-0.15, -0.1) is 11.3 Å². The van der Waals surface area contributed by atoms with E-state index in [0.717, 1.165) is 30.1 Å². The van der Waals surface area contributed by atoms with Crippen LogP contribution >= 0.6 is 11.3 Å². The Hall–Kier alpha value is -1.16. The minimum absolute atomic E-state index is 0.799. The van der Waals surface area contributed by atoms with Gasteiger partial charge in [0, 0.05) is 11.1 Å². The molecule has 2 aromatic rings. The van der Waals surface area contributed by atoms with E-state index in [0.29, 0.717) is 0 Å². The molecule has 0 aromatic carbocycles. The fourth-order valence-corrected chi connectivity index (χ4v) is 2.35. The zero-order valence-corrected chi connectivity index (χ0v) is 10.8. The predicted molar refractivity (Wildman–Crippen MR) is 66.9 cm³/mol. The van der Waals surface area contributed by atoms with E-state index in [2.05, 4.69) is 40.1 Å². The van der Waals surface area contributed by atoms with Crippen molar-refractivity contribution in [3.05, 3.63) is 33.5 Å². The predicted octanol–water partition coefficient (Wildman–Crippen LogP) is 2.82. The second-order valence-electron chi connectivity index (χ2n) is 3.85. The number of aryl methyl sites for hydroxylation is 3. The minimum atomic E-state index is 0.799. The van der Waals surface area contributed by atoms with Crippen LogP contribution in [0, 0.1) is 6.92 Å². The highest BCUT2D eigenvalue weighted by Gasteiger charge is 2.07. The van der Waals surface area contributed by atoms with Gasteiger partial charge < -0.3 is 0 Å². The molecule has 0 bridgehead atoms. The van der Waals surface area contributed by atoms with Gasteiger partial charge in [-0.3, -0.25) is 4.68 Å². The van der Waals surface area contributed by atoms with Crippen molar-refractivity contribution < 1.29 is 0 Å². The molecule has 0 aliphatic rings. The summed E-state index contributed by atoms with van der Waals surface area (Å²) in [7, 11) is 0. The van der Waals surface area contributed by atoms with Crippen LogP contribution in [0.2, 0.25) is 0 Å². The van der Waals surface area contributed by atoms with E-state index in [9.17, 15) is 0 Å². The first-order valence-corrected chi connectivity index (χ1v) is 6.57. The number of rotatable bonds is 4. The molecule has 4 heteroatoms. The normalized spacial score (nSPS) is 10.9. The molecule has 0 aliphatic carbocycles. The Kier molecular flexibility index (Phi) is 3.39. The van der Waals surface area contributed by atoms with Gasteiger partial charge >= 0.3 is 0 Å². The van der Waals surface area contributed by atoms with Crippen molar-refractivity contribution in [3.8, 4) is 0 Å². The van der Waals surface area contributed by atoms with Crippen LogP contribution in [0.15, 0.2) is 11.4 Å². The number of hydrogen-bond acceptors (Lipinski definition) is 3. The van der Waals surface area contributed by atoms with Crippen LogP contribution in [-0.4, -0.2) is 14.8 Å². The Bertz CT molecular complexity index is 470. The Morgan fingerprint density at radius 1 is 1.25 bits per heavy atom. The van der Waals surface area contributed by atoms with Crippen LogP contribution in [0.1, 0.15) is 35.9 Å². The maximum atomic E-state index is 4.59. The molecule has 2 rings (SSSR count). The summed E-state index contributed by atoms with van der Waals surface area (Å²) in [6.45, 7) is 7.14. The average molecular weight is 235 g/mol. The van der Waals surface area contributed by atoms with Crippen LogP contribution in [-0.2, 0) is 19.4 Å². The highest BCUT2D eigenvalue weighted by atomic mass is 32.1. The second kappa shape index (κ2) is 4.78. The lowest BCUT2D eigenvalue weighted by molar-refractivity contribution is 0.631. The van der Waals surface area contributed by atoms with Crippen molar-refractivity contribution in [2.24, 2.45) is 0 Å². The van der Waals surface area contributed by atoms with Crippen LogP contribution in [0.3, 0.4) is 0 Å². The topological polar surface area (TPSA) is 30.7 Å². The number of aromatic nitrogens is 3. The molecule has 0 unspecified atom stereocenters. The van der Waals surface area contributed by atoms with Crippen molar-refractivity contribution in [1.82, 2.24) is 14.8 Å². The summed E-state index contributed by atoms with van der Waals surface area (Å²) in [6.07, 6.45) is 2.02. The van der Waals surface area contributed by atoms with Crippen molar-refractivity contribution >= 4 is 11.3 Å². The van der Waals surface area contributed by atoms with Crippen molar-refractivity contribution in [2.45, 2.75) is 40.2 Å². The Balaban J connectivity index is 2.22. The number of nitrogens with zero attached hydrogens (tertiary/aromatic N) is 3. The molecule has 0 radical (unpaired) electrons. The molecule has 2 aromatic heterocycles. The van der Waals surface area contributed by atoms with Crippen LogP contribution in [0.5, 0.6) is 0 Å². The third kappa shape index (κ3) is 2.32. The summed E-state index contributed by atoms with van der Waals surface area (Å²) in [5.41, 5.74) is 3.58. The summed E-state index contributed by atoms with van der Waals surface area (Å²) in [5.74, 6) is 0. The monoisotopic (exact) mass is 235 g/mol. The molecule has 16 heavy (non-hydrogen) atoms. The molecular formula is C12H17N3S. The Morgan fingerprint density at radius 3 is 2.62 bits per heavy atom. The minimum Gasteiger partial charge on any atom is -0.263 e. The van der Waals surface area contributed by atoms with Gasteiger partial charge in [0.25, 0.3) is 0 Å². The van der Waals surface area contributed by atoms with Gasteiger partial charge in [0.05, 0.1) is 22.9 Å². The molecule has 2 heterocycles. The second-order valence-corrected chi connectivity index (χ2v) is 4.91. The molecule has 0 aliphatic heterocycles. The molecule has 86 valence electrons. The molecule has 0 amide bonds. The van der Waals surface area contributed by atoms with Crippen LogP contribution < -0.4 is 0 Å². The van der Waals surface area contributed by atoms with E-state index in [1.807, 2.05) is 6.92 Å². The Morgan fingerprint density at radius 2 is 2.06 bits per heavy atom. The van der Waals surface area contributed by atoms with Crippen LogP contribution in [0.4, 0.5) is 0 Å². The highest BCUT2D eigenvalue weighted by molar-refractivity contribution is 7.09. The fourth-order valence-electron chi connectivity index (χ4n) is 1.74. The molecule has 0 N–H and O–H groups in total. The third-order valence-electron chi connectivity index (χ3n) is 2.62. The van der Waals surface area contributed by atoms with Gasteiger partial charge in [-0.05, 0) is 25.8 Å². The quantitative estimate of drug-likeness (QED) is 0.816. The maximum Gasteiger partial charge on any atom is 0.0898 e. The largest absolute Gasteiger partial charge is 0.263 e. The Labute approximate surface area is 100 Å². The number of thiazole rings is 1. The molecule has 0 spiro atoms. The highest BCUT2D eigenvalue weighted by Crippen LogP contribution is 2.12. The summed E-state index contributed by atoms with van der Waals surface area (Å²) in [6, 6.07) is 2.19. The summed E-state index contributed by atoms with van der Waals surface area (Å²) in [4.78, 5) is 4.47. The van der Waals surface area contributed by atoms with Gasteiger partial charge in [-0.2, -0.15) is 5.10 Å². The van der Waals surface area contributed by atoms with E-state index in [-0.39, 0.29) is 0 Å². The van der Waals surface area contributed by atoms with E-state index < -0.39 is 0 Å². The molecule has 3 nitrogen and oxygen atoms in total. The molecule has 0 saturated carbocycles. The van der Waals surface area contributed by atoms with Crippen molar-refractivity contribution in [1.29, 1.82) is 0 Å². The summed E-state index contributed by atoms with van der Waals surface area (Å²) >= 11 is 1.70. The molecule has 0 atom stereocenters. The third-order valence-corrected chi connectivity index (χ3v) is 3.44.